The van der Waals surface area contributed by atoms with Crippen molar-refractivity contribution in [3.63, 3.8) is 0 Å². The van der Waals surface area contributed by atoms with Crippen LogP contribution in [0.15, 0.2) is 0 Å². The molecule has 0 aromatic heterocycles. The first-order valence-electron chi connectivity index (χ1n) is 3.70. The maximum atomic E-state index is 12.2. The van der Waals surface area contributed by atoms with Crippen LogP contribution in [-0.2, 0) is 9.53 Å². The van der Waals surface area contributed by atoms with Crippen LogP contribution in [0.5, 0.6) is 0 Å². The van der Waals surface area contributed by atoms with E-state index in [0.717, 1.165) is 0 Å². The monoisotopic (exact) mass is 220 g/mol. The highest BCUT2D eigenvalue weighted by Gasteiger charge is 2.64. The molecule has 0 saturated carbocycles. The zero-order valence-electron chi connectivity index (χ0n) is 7.49. The normalized spacial score (nSPS) is 13.1. The van der Waals surface area contributed by atoms with Crippen molar-refractivity contribution in [3.05, 3.63) is 0 Å². The second kappa shape index (κ2) is 4.10. The number of carbonyl (C=O) groups is 1. The largest absolute Gasteiger partial charge is 0.465 e. The first-order valence-corrected chi connectivity index (χ1v) is 3.70. The van der Waals surface area contributed by atoms with E-state index in [1.807, 2.05) is 0 Å². The van der Waals surface area contributed by atoms with Gasteiger partial charge in [0.25, 0.3) is 0 Å². The van der Waals surface area contributed by atoms with Crippen LogP contribution in [-0.4, -0.2) is 24.7 Å². The second-order valence-electron chi connectivity index (χ2n) is 3.06. The molecule has 0 heterocycles. The molecule has 0 aromatic carbocycles. The van der Waals surface area contributed by atoms with Gasteiger partial charge in [-0.1, -0.05) is 13.8 Å². The molecule has 0 aromatic rings. The number of ether oxygens (including phenoxy) is 1. The molecule has 0 fully saturated rings. The third kappa shape index (κ3) is 3.12. The van der Waals surface area contributed by atoms with Gasteiger partial charge in [-0.2, -0.15) is 22.0 Å². The SMILES string of the molecule is CC(C)COC(=O)C(F)(F)C(F)(F)F. The van der Waals surface area contributed by atoms with Crippen molar-refractivity contribution in [2.45, 2.75) is 25.9 Å². The molecule has 0 unspecified atom stereocenters. The van der Waals surface area contributed by atoms with Gasteiger partial charge in [0.05, 0.1) is 6.61 Å². The first kappa shape index (κ1) is 13.1. The summed E-state index contributed by atoms with van der Waals surface area (Å²) in [5.74, 6) is -8.29. The van der Waals surface area contributed by atoms with Crippen molar-refractivity contribution in [3.8, 4) is 0 Å². The van der Waals surface area contributed by atoms with E-state index in [1.165, 1.54) is 13.8 Å². The molecule has 84 valence electrons. The number of carbonyl (C=O) groups excluding carboxylic acids is 1. The predicted molar refractivity (Wildman–Crippen MR) is 36.8 cm³/mol. The summed E-state index contributed by atoms with van der Waals surface area (Å²) in [6, 6.07) is 0. The third-order valence-electron chi connectivity index (χ3n) is 1.16. The number of halogens is 5. The fourth-order valence-corrected chi connectivity index (χ4v) is 0.449. The van der Waals surface area contributed by atoms with E-state index in [9.17, 15) is 26.7 Å². The minimum Gasteiger partial charge on any atom is -0.461 e. The Morgan fingerprint density at radius 3 is 1.93 bits per heavy atom. The molecule has 0 aliphatic carbocycles. The lowest BCUT2D eigenvalue weighted by Crippen LogP contribution is -2.45. The van der Waals surface area contributed by atoms with Crippen molar-refractivity contribution in [1.29, 1.82) is 0 Å². The number of hydrogen-bond acceptors (Lipinski definition) is 2. The summed E-state index contributed by atoms with van der Waals surface area (Å²) in [5.41, 5.74) is 0. The molecule has 0 radical (unpaired) electrons. The molecular weight excluding hydrogens is 211 g/mol. The Balaban J connectivity index is 4.38. The first-order chi connectivity index (χ1) is 6.09. The van der Waals surface area contributed by atoms with Gasteiger partial charge >= 0.3 is 18.1 Å². The summed E-state index contributed by atoms with van der Waals surface area (Å²) in [6.07, 6.45) is -5.90. The average molecular weight is 220 g/mol. The van der Waals surface area contributed by atoms with Gasteiger partial charge in [0.1, 0.15) is 0 Å². The molecule has 0 atom stereocenters. The summed E-state index contributed by atoms with van der Waals surface area (Å²) in [4.78, 5) is 10.3. The van der Waals surface area contributed by atoms with Crippen LogP contribution in [0.25, 0.3) is 0 Å². The Bertz CT molecular complexity index is 209. The lowest BCUT2D eigenvalue weighted by molar-refractivity contribution is -0.280. The van der Waals surface area contributed by atoms with Crippen molar-refractivity contribution in [2.24, 2.45) is 5.92 Å². The van der Waals surface area contributed by atoms with Gasteiger partial charge in [-0.25, -0.2) is 4.79 Å². The van der Waals surface area contributed by atoms with Crippen molar-refractivity contribution in [2.75, 3.05) is 6.61 Å². The van der Waals surface area contributed by atoms with E-state index in [0.29, 0.717) is 0 Å². The summed E-state index contributed by atoms with van der Waals surface area (Å²) in [6.45, 7) is 2.56. The fourth-order valence-electron chi connectivity index (χ4n) is 0.449. The van der Waals surface area contributed by atoms with Crippen molar-refractivity contribution in [1.82, 2.24) is 0 Å². The van der Waals surface area contributed by atoms with E-state index < -0.39 is 24.7 Å². The van der Waals surface area contributed by atoms with E-state index in [2.05, 4.69) is 4.74 Å². The Morgan fingerprint density at radius 2 is 1.64 bits per heavy atom. The molecular formula is C7H9F5O2. The van der Waals surface area contributed by atoms with Gasteiger partial charge in [-0.15, -0.1) is 0 Å². The lowest BCUT2D eigenvalue weighted by atomic mass is 10.2. The van der Waals surface area contributed by atoms with Gasteiger partial charge in [0.15, 0.2) is 0 Å². The number of alkyl halides is 5. The van der Waals surface area contributed by atoms with E-state index in [4.69, 9.17) is 0 Å². The molecule has 14 heavy (non-hydrogen) atoms. The molecule has 0 bridgehead atoms. The molecule has 0 aliphatic rings. The average Bonchev–Trinajstić information content (AvgIpc) is 1.97. The van der Waals surface area contributed by atoms with Crippen LogP contribution in [0.3, 0.4) is 0 Å². The summed E-state index contributed by atoms with van der Waals surface area (Å²) in [7, 11) is 0. The number of esters is 1. The highest BCUT2D eigenvalue weighted by atomic mass is 19.4. The molecule has 0 amide bonds. The zero-order valence-corrected chi connectivity index (χ0v) is 7.49. The Labute approximate surface area is 77.0 Å². The topological polar surface area (TPSA) is 26.3 Å². The molecule has 0 rings (SSSR count). The molecule has 0 spiro atoms. The predicted octanol–water partition coefficient (Wildman–Crippen LogP) is 2.38. The smallest absolute Gasteiger partial charge is 0.461 e. The Hall–Kier alpha value is -0.880. The van der Waals surface area contributed by atoms with E-state index >= 15 is 0 Å². The van der Waals surface area contributed by atoms with E-state index in [-0.39, 0.29) is 5.92 Å². The summed E-state index contributed by atoms with van der Waals surface area (Å²) >= 11 is 0. The van der Waals surface area contributed by atoms with Crippen LogP contribution in [0.2, 0.25) is 0 Å². The van der Waals surface area contributed by atoms with Crippen LogP contribution in [0, 0.1) is 5.92 Å². The minimum absolute atomic E-state index is 0.303. The summed E-state index contributed by atoms with van der Waals surface area (Å²) < 4.78 is 62.8. The van der Waals surface area contributed by atoms with Crippen LogP contribution in [0.4, 0.5) is 22.0 Å². The molecule has 0 saturated heterocycles. The Kier molecular flexibility index (Phi) is 3.84. The highest BCUT2D eigenvalue weighted by Crippen LogP contribution is 2.36. The van der Waals surface area contributed by atoms with Crippen molar-refractivity contribution < 1.29 is 31.5 Å². The Morgan fingerprint density at radius 1 is 1.21 bits per heavy atom. The zero-order chi connectivity index (χ0) is 11.6. The van der Waals surface area contributed by atoms with Gasteiger partial charge in [-0.3, -0.25) is 0 Å². The third-order valence-corrected chi connectivity index (χ3v) is 1.16. The van der Waals surface area contributed by atoms with Gasteiger partial charge in [0.2, 0.25) is 0 Å². The fraction of sp³-hybridized carbons (Fsp3) is 0.857. The molecule has 2 nitrogen and oxygen atoms in total. The van der Waals surface area contributed by atoms with Crippen molar-refractivity contribution >= 4 is 5.97 Å². The minimum atomic E-state index is -5.90. The maximum absolute atomic E-state index is 12.2. The highest BCUT2D eigenvalue weighted by molar-refractivity contribution is 5.78. The standard InChI is InChI=1S/C7H9F5O2/c1-4(2)3-14-5(13)6(8,9)7(10,11)12/h4H,3H2,1-2H3. The quantitative estimate of drug-likeness (QED) is 0.539. The molecule has 0 aliphatic heterocycles. The maximum Gasteiger partial charge on any atom is 0.465 e. The molecule has 0 N–H and O–H groups in total. The van der Waals surface area contributed by atoms with Crippen LogP contribution >= 0.6 is 0 Å². The van der Waals surface area contributed by atoms with Gasteiger partial charge in [0, 0.05) is 0 Å². The number of rotatable bonds is 3. The number of hydrogen-bond donors (Lipinski definition) is 0. The molecule has 7 heteroatoms. The van der Waals surface area contributed by atoms with Crippen LogP contribution < -0.4 is 0 Å². The van der Waals surface area contributed by atoms with Gasteiger partial charge in [-0.05, 0) is 5.92 Å². The lowest BCUT2D eigenvalue weighted by Gasteiger charge is -2.18. The van der Waals surface area contributed by atoms with Crippen LogP contribution in [0.1, 0.15) is 13.8 Å². The summed E-state index contributed by atoms with van der Waals surface area (Å²) in [5, 5.41) is 0. The van der Waals surface area contributed by atoms with E-state index in [1.54, 1.807) is 0 Å². The van der Waals surface area contributed by atoms with Gasteiger partial charge < -0.3 is 4.74 Å². The second-order valence-corrected chi connectivity index (χ2v) is 3.06.